The second-order valence-corrected chi connectivity index (χ2v) is 23.0. The molecule has 8 rings (SSSR count). The van der Waals surface area contributed by atoms with Gasteiger partial charge in [0.05, 0.1) is 49.8 Å². The molecule has 3 heterocycles. The lowest BCUT2D eigenvalue weighted by Gasteiger charge is -2.64. The molecule has 2 spiro atoms. The zero-order valence-corrected chi connectivity index (χ0v) is 38.4. The Kier molecular flexibility index (Phi) is 13.4. The third-order valence-corrected chi connectivity index (χ3v) is 19.1. The number of fused-ring (bicyclic) bond motifs is 2. The Labute approximate surface area is 375 Å². The van der Waals surface area contributed by atoms with Crippen LogP contribution < -0.4 is 0 Å². The highest BCUT2D eigenvalue weighted by molar-refractivity contribution is 5.32. The first-order chi connectivity index (χ1) is 29.8. The van der Waals surface area contributed by atoms with Gasteiger partial charge in [-0.2, -0.15) is 0 Å². The third-order valence-electron chi connectivity index (χ3n) is 19.1. The summed E-state index contributed by atoms with van der Waals surface area (Å²) in [6.45, 7) is 13.2. The van der Waals surface area contributed by atoms with E-state index in [1.165, 1.54) is 0 Å². The molecule has 5 aliphatic carbocycles. The van der Waals surface area contributed by atoms with Gasteiger partial charge in [0.1, 0.15) is 61.0 Å². The van der Waals surface area contributed by atoms with Gasteiger partial charge in [0.25, 0.3) is 0 Å². The van der Waals surface area contributed by atoms with Crippen LogP contribution in [0.2, 0.25) is 0 Å². The van der Waals surface area contributed by atoms with E-state index in [1.54, 1.807) is 13.8 Å². The molecule has 8 fully saturated rings. The van der Waals surface area contributed by atoms with Crippen molar-refractivity contribution in [2.75, 3.05) is 19.8 Å². The summed E-state index contributed by atoms with van der Waals surface area (Å²) in [5, 5.41) is 129. The molecule has 3 aliphatic heterocycles. The second kappa shape index (κ2) is 17.3. The summed E-state index contributed by atoms with van der Waals surface area (Å²) >= 11 is 0. The minimum absolute atomic E-state index is 0.00794. The Hall–Kier alpha value is -0.720. The Balaban J connectivity index is 0.939. The number of aliphatic hydroxyl groups excluding tert-OH is 12. The SMILES string of the molecule is C[C@H](CC[C@@H](O)C(C)(C)O[C@@H]1O[C@H](CO)[C@@H](O)[C@H](O)[C@H]1O)[C@H]1[C@@H](O)C[C@@]2(C)[C@@H]3C[C@H](O)[C@H]4C(C)(C)[C@@H](O[C@@H]5OC[C@@H](O)[C@H](O)[C@H]5O[C@@H]5OC[C@H](O)[C@H](O)[C@H]5O)CC[C@@]45C[C@@]35CC[C@]12C. The fraction of sp³-hybridized carbons (Fsp3) is 1.00. The van der Waals surface area contributed by atoms with Gasteiger partial charge in [-0.05, 0) is 122 Å². The van der Waals surface area contributed by atoms with Crippen molar-refractivity contribution in [3.05, 3.63) is 0 Å². The fourth-order valence-corrected chi connectivity index (χ4v) is 15.5. The van der Waals surface area contributed by atoms with Crippen LogP contribution in [-0.4, -0.2) is 191 Å². The minimum atomic E-state index is -1.63. The molecule has 0 amide bonds. The summed E-state index contributed by atoms with van der Waals surface area (Å²) in [6.07, 6.45) is -14.8. The largest absolute Gasteiger partial charge is 0.394 e. The molecule has 18 heteroatoms. The van der Waals surface area contributed by atoms with Crippen LogP contribution in [0.3, 0.4) is 0 Å². The van der Waals surface area contributed by atoms with Crippen LogP contribution in [0.1, 0.15) is 106 Å². The topological polar surface area (TPSA) is 298 Å². The van der Waals surface area contributed by atoms with Crippen LogP contribution in [0.25, 0.3) is 0 Å². The molecule has 64 heavy (non-hydrogen) atoms. The summed E-state index contributed by atoms with van der Waals surface area (Å²) in [5.41, 5.74) is -2.53. The van der Waals surface area contributed by atoms with Gasteiger partial charge < -0.3 is 89.7 Å². The first kappa shape index (κ1) is 49.7. The van der Waals surface area contributed by atoms with Gasteiger partial charge in [0, 0.05) is 0 Å². The summed E-state index contributed by atoms with van der Waals surface area (Å²) in [4.78, 5) is 0. The van der Waals surface area contributed by atoms with Crippen molar-refractivity contribution in [1.82, 2.24) is 0 Å². The van der Waals surface area contributed by atoms with E-state index in [9.17, 15) is 61.3 Å². The molecule has 0 aromatic heterocycles. The Bertz CT molecular complexity index is 1650. The molecule has 0 aromatic carbocycles. The van der Waals surface area contributed by atoms with E-state index in [-0.39, 0.29) is 58.5 Å². The van der Waals surface area contributed by atoms with Crippen molar-refractivity contribution in [3.63, 3.8) is 0 Å². The Morgan fingerprint density at radius 1 is 0.672 bits per heavy atom. The van der Waals surface area contributed by atoms with Crippen molar-refractivity contribution in [3.8, 4) is 0 Å². The predicted octanol–water partition coefficient (Wildman–Crippen LogP) is -0.973. The van der Waals surface area contributed by atoms with Crippen LogP contribution in [-0.2, 0) is 28.4 Å². The lowest BCUT2D eigenvalue weighted by atomic mass is 9.41. The van der Waals surface area contributed by atoms with Crippen molar-refractivity contribution in [1.29, 1.82) is 0 Å². The maximum atomic E-state index is 12.4. The van der Waals surface area contributed by atoms with Crippen molar-refractivity contribution in [2.45, 2.75) is 216 Å². The Morgan fingerprint density at radius 2 is 1.31 bits per heavy atom. The lowest BCUT2D eigenvalue weighted by Crippen LogP contribution is -2.63. The van der Waals surface area contributed by atoms with Crippen LogP contribution in [0, 0.1) is 50.7 Å². The first-order valence-electron chi connectivity index (χ1n) is 23.8. The second-order valence-electron chi connectivity index (χ2n) is 23.0. The van der Waals surface area contributed by atoms with Crippen LogP contribution >= 0.6 is 0 Å². The molecule has 0 bridgehead atoms. The fourth-order valence-electron chi connectivity index (χ4n) is 15.5. The maximum Gasteiger partial charge on any atom is 0.187 e. The van der Waals surface area contributed by atoms with Crippen molar-refractivity contribution in [2.24, 2.45) is 50.7 Å². The van der Waals surface area contributed by atoms with Crippen LogP contribution in [0.5, 0.6) is 0 Å². The average Bonchev–Trinajstić information content (AvgIpc) is 3.82. The molecule has 18 nitrogen and oxygen atoms in total. The van der Waals surface area contributed by atoms with Gasteiger partial charge in [-0.15, -0.1) is 0 Å². The van der Waals surface area contributed by atoms with E-state index in [4.69, 9.17) is 28.4 Å². The molecule has 8 aliphatic rings. The highest BCUT2D eigenvalue weighted by Crippen LogP contribution is 2.89. The van der Waals surface area contributed by atoms with Gasteiger partial charge in [-0.1, -0.05) is 34.6 Å². The monoisotopic (exact) mass is 919 g/mol. The molecular formula is C46H78O18. The Morgan fingerprint density at radius 3 is 1.98 bits per heavy atom. The van der Waals surface area contributed by atoms with Gasteiger partial charge in [0.2, 0.25) is 0 Å². The molecule has 370 valence electrons. The van der Waals surface area contributed by atoms with E-state index < -0.39 is 122 Å². The van der Waals surface area contributed by atoms with Gasteiger partial charge in [0.15, 0.2) is 18.9 Å². The van der Waals surface area contributed by atoms with Crippen LogP contribution in [0.4, 0.5) is 0 Å². The summed E-state index contributed by atoms with van der Waals surface area (Å²) in [5.74, 6) is -0.0330. The molecular weight excluding hydrogens is 840 g/mol. The smallest absolute Gasteiger partial charge is 0.187 e. The zero-order valence-electron chi connectivity index (χ0n) is 38.4. The zero-order chi connectivity index (χ0) is 46.9. The normalized spacial score (nSPS) is 54.5. The van der Waals surface area contributed by atoms with Gasteiger partial charge in [-0.25, -0.2) is 0 Å². The molecule has 0 aromatic rings. The summed E-state index contributed by atoms with van der Waals surface area (Å²) in [6, 6.07) is 0. The van der Waals surface area contributed by atoms with E-state index in [2.05, 4.69) is 34.6 Å². The van der Waals surface area contributed by atoms with E-state index >= 15 is 0 Å². The number of hydrogen-bond acceptors (Lipinski definition) is 18. The van der Waals surface area contributed by atoms with E-state index in [0.717, 1.165) is 25.7 Å². The lowest BCUT2D eigenvalue weighted by molar-refractivity contribution is -0.356. The number of rotatable bonds is 12. The highest BCUT2D eigenvalue weighted by atomic mass is 16.8. The molecule has 0 radical (unpaired) electrons. The van der Waals surface area contributed by atoms with Crippen molar-refractivity contribution < 1.29 is 89.7 Å². The minimum Gasteiger partial charge on any atom is -0.394 e. The van der Waals surface area contributed by atoms with Crippen molar-refractivity contribution >= 4 is 0 Å². The number of hydrogen-bond donors (Lipinski definition) is 12. The van der Waals surface area contributed by atoms with Crippen LogP contribution in [0.15, 0.2) is 0 Å². The molecule has 3 saturated heterocycles. The molecule has 5 saturated carbocycles. The first-order valence-corrected chi connectivity index (χ1v) is 23.8. The standard InChI is InChI=1S/C46H78O18/c1-20(8-9-27(52)42(4,5)64-39-35(58)33(56)32(55)25(16-47)61-39)29-22(49)15-44(7)26-14-21(48)37-41(2,3)28(10-11-46(37)19-45(26,46)13-12-43(29,44)6)62-40-36(31(54)24(51)18-60-40)63-38-34(57)30(53)23(50)17-59-38/h20-40,47-58H,8-19H2,1-7H3/t20-,21+,22+,23+,24-,25-,26+,27-,28+,29+,30+,31+,32-,33+,34-,35-,36-,37+,38+,39+,40+,43-,44+,45+,46-/m1/s1. The molecule has 12 N–H and O–H groups in total. The summed E-state index contributed by atoms with van der Waals surface area (Å²) in [7, 11) is 0. The van der Waals surface area contributed by atoms with E-state index in [0.29, 0.717) is 32.1 Å². The number of aliphatic hydroxyl groups is 12. The quantitative estimate of drug-likeness (QED) is 0.105. The summed E-state index contributed by atoms with van der Waals surface area (Å²) < 4.78 is 35.6. The average molecular weight is 919 g/mol. The van der Waals surface area contributed by atoms with Gasteiger partial charge >= 0.3 is 0 Å². The predicted molar refractivity (Wildman–Crippen MR) is 222 cm³/mol. The number of ether oxygens (including phenoxy) is 6. The van der Waals surface area contributed by atoms with E-state index in [1.807, 2.05) is 0 Å². The maximum absolute atomic E-state index is 12.4. The molecule has 25 atom stereocenters. The molecule has 0 unspecified atom stereocenters. The highest BCUT2D eigenvalue weighted by Gasteiger charge is 2.84. The third kappa shape index (κ3) is 7.59. The van der Waals surface area contributed by atoms with Gasteiger partial charge in [-0.3, -0.25) is 0 Å².